The number of carbonyl (C=O) groups is 1. The van der Waals surface area contributed by atoms with E-state index in [4.69, 9.17) is 14.0 Å². The summed E-state index contributed by atoms with van der Waals surface area (Å²) in [5.74, 6) is -0.882. The average Bonchev–Trinajstić information content (AvgIpc) is 3.14. The molecule has 0 saturated heterocycles. The number of carboxylic acids is 1. The van der Waals surface area contributed by atoms with Crippen LogP contribution in [0.25, 0.3) is 11.3 Å². The third-order valence-corrected chi connectivity index (χ3v) is 4.10. The molecule has 146 valence electrons. The molecule has 0 spiro atoms. The number of benzene rings is 2. The fraction of sp³-hybridized carbons (Fsp3) is 0.200. The first-order chi connectivity index (χ1) is 13.5. The maximum atomic E-state index is 13.6. The topological polar surface area (TPSA) is 85.0 Å². The molecule has 2 aromatic carbocycles. The zero-order chi connectivity index (χ0) is 20.1. The van der Waals surface area contributed by atoms with Gasteiger partial charge in [0.2, 0.25) is 0 Å². The number of halogens is 1. The molecular weight excluding hydrogens is 367 g/mol. The Bertz CT molecular complexity index is 958. The molecule has 3 aromatic rings. The Labute approximate surface area is 160 Å². The number of likely N-dealkylation sites (N-methyl/N-ethyl adjacent to an activating group) is 1. The number of aromatic nitrogens is 1. The van der Waals surface area contributed by atoms with E-state index in [1.54, 1.807) is 11.9 Å². The van der Waals surface area contributed by atoms with Gasteiger partial charge in [0, 0.05) is 12.6 Å². The lowest BCUT2D eigenvalue weighted by molar-refractivity contribution is 0.0697. The lowest BCUT2D eigenvalue weighted by Gasteiger charge is -2.17. The number of para-hydroxylation sites is 1. The standard InChI is InChI=1S/C20H19FN2O5/c1-23(10-11-27-14-6-4-3-5-7-14)19-17(20(24)25)18(28-22-19)13-8-9-15(21)16(12-13)26-2/h3-9,12H,10-11H2,1-2H3,(H,24,25). The van der Waals surface area contributed by atoms with Gasteiger partial charge in [0.05, 0.1) is 13.7 Å². The summed E-state index contributed by atoms with van der Waals surface area (Å²) in [6.07, 6.45) is 0. The van der Waals surface area contributed by atoms with E-state index in [1.165, 1.54) is 25.3 Å². The quantitative estimate of drug-likeness (QED) is 0.632. The van der Waals surface area contributed by atoms with Crippen molar-refractivity contribution in [2.24, 2.45) is 0 Å². The number of hydrogen-bond donors (Lipinski definition) is 1. The van der Waals surface area contributed by atoms with Crippen LogP contribution in [0, 0.1) is 5.82 Å². The van der Waals surface area contributed by atoms with Crippen LogP contribution in [0.1, 0.15) is 10.4 Å². The monoisotopic (exact) mass is 386 g/mol. The Balaban J connectivity index is 1.81. The molecule has 0 atom stereocenters. The van der Waals surface area contributed by atoms with Gasteiger partial charge in [-0.15, -0.1) is 0 Å². The smallest absolute Gasteiger partial charge is 0.343 e. The van der Waals surface area contributed by atoms with E-state index in [0.717, 1.165) is 0 Å². The Morgan fingerprint density at radius 1 is 1.25 bits per heavy atom. The number of rotatable bonds is 8. The summed E-state index contributed by atoms with van der Waals surface area (Å²) in [7, 11) is 3.01. The molecule has 7 nitrogen and oxygen atoms in total. The van der Waals surface area contributed by atoms with Crippen molar-refractivity contribution in [3.63, 3.8) is 0 Å². The van der Waals surface area contributed by atoms with Gasteiger partial charge < -0.3 is 24.0 Å². The number of anilines is 1. The van der Waals surface area contributed by atoms with E-state index in [-0.39, 0.29) is 22.9 Å². The highest BCUT2D eigenvalue weighted by molar-refractivity contribution is 5.99. The van der Waals surface area contributed by atoms with Gasteiger partial charge in [-0.25, -0.2) is 9.18 Å². The van der Waals surface area contributed by atoms with E-state index >= 15 is 0 Å². The van der Waals surface area contributed by atoms with Crippen LogP contribution < -0.4 is 14.4 Å². The fourth-order valence-corrected chi connectivity index (χ4v) is 2.66. The van der Waals surface area contributed by atoms with Crippen molar-refractivity contribution >= 4 is 11.8 Å². The number of methoxy groups -OCH3 is 1. The molecule has 0 saturated carbocycles. The van der Waals surface area contributed by atoms with Crippen LogP contribution in [0.3, 0.4) is 0 Å². The number of carboxylic acid groups (broad SMARTS) is 1. The third kappa shape index (κ3) is 4.06. The summed E-state index contributed by atoms with van der Waals surface area (Å²) < 4.78 is 29.5. The zero-order valence-electron chi connectivity index (χ0n) is 15.4. The van der Waals surface area contributed by atoms with Crippen molar-refractivity contribution in [1.29, 1.82) is 0 Å². The highest BCUT2D eigenvalue weighted by atomic mass is 19.1. The van der Waals surface area contributed by atoms with Crippen molar-refractivity contribution in [2.45, 2.75) is 0 Å². The molecule has 0 amide bonds. The SMILES string of the molecule is COc1cc(-c2onc(N(C)CCOc3ccccc3)c2C(=O)O)ccc1F. The van der Waals surface area contributed by atoms with E-state index in [9.17, 15) is 14.3 Å². The molecule has 0 aliphatic heterocycles. The van der Waals surface area contributed by atoms with Crippen LogP contribution in [0.5, 0.6) is 11.5 Å². The first-order valence-corrected chi connectivity index (χ1v) is 8.47. The molecular formula is C20H19FN2O5. The van der Waals surface area contributed by atoms with Gasteiger partial charge >= 0.3 is 5.97 Å². The summed E-state index contributed by atoms with van der Waals surface area (Å²) >= 11 is 0. The maximum Gasteiger partial charge on any atom is 0.343 e. The molecule has 28 heavy (non-hydrogen) atoms. The maximum absolute atomic E-state index is 13.6. The molecule has 0 fully saturated rings. The summed E-state index contributed by atoms with van der Waals surface area (Å²) in [6, 6.07) is 13.2. The molecule has 1 N–H and O–H groups in total. The minimum atomic E-state index is -1.20. The molecule has 0 aliphatic rings. The van der Waals surface area contributed by atoms with Crippen molar-refractivity contribution in [3.05, 3.63) is 59.9 Å². The summed E-state index contributed by atoms with van der Waals surface area (Å²) in [6.45, 7) is 0.708. The molecule has 0 unspecified atom stereocenters. The van der Waals surface area contributed by atoms with Gasteiger partial charge in [0.15, 0.2) is 28.7 Å². The van der Waals surface area contributed by atoms with Crippen molar-refractivity contribution in [3.8, 4) is 22.8 Å². The Morgan fingerprint density at radius 2 is 2.00 bits per heavy atom. The van der Waals surface area contributed by atoms with Gasteiger partial charge in [-0.1, -0.05) is 23.4 Å². The van der Waals surface area contributed by atoms with Crippen molar-refractivity contribution < 1.29 is 28.3 Å². The third-order valence-electron chi connectivity index (χ3n) is 4.10. The summed E-state index contributed by atoms with van der Waals surface area (Å²) in [5, 5.41) is 13.6. The lowest BCUT2D eigenvalue weighted by Crippen LogP contribution is -2.25. The number of nitrogens with zero attached hydrogens (tertiary/aromatic N) is 2. The van der Waals surface area contributed by atoms with E-state index in [1.807, 2.05) is 30.3 Å². The summed E-state index contributed by atoms with van der Waals surface area (Å²) in [4.78, 5) is 13.5. The highest BCUT2D eigenvalue weighted by Gasteiger charge is 2.26. The highest BCUT2D eigenvalue weighted by Crippen LogP contribution is 2.33. The second kappa shape index (κ2) is 8.43. The van der Waals surface area contributed by atoms with E-state index < -0.39 is 11.8 Å². The number of aromatic carboxylic acids is 1. The largest absolute Gasteiger partial charge is 0.494 e. The van der Waals surface area contributed by atoms with Crippen LogP contribution in [0.15, 0.2) is 53.1 Å². The summed E-state index contributed by atoms with van der Waals surface area (Å²) in [5.41, 5.74) is 0.235. The second-order valence-corrected chi connectivity index (χ2v) is 5.95. The van der Waals surface area contributed by atoms with E-state index in [2.05, 4.69) is 5.16 Å². The Kier molecular flexibility index (Phi) is 5.78. The van der Waals surface area contributed by atoms with Crippen LogP contribution in [0.2, 0.25) is 0 Å². The van der Waals surface area contributed by atoms with Gasteiger partial charge in [0.25, 0.3) is 0 Å². The van der Waals surface area contributed by atoms with Crippen LogP contribution in [-0.2, 0) is 0 Å². The molecule has 0 aliphatic carbocycles. The molecule has 0 radical (unpaired) electrons. The first kappa shape index (κ1) is 19.2. The van der Waals surface area contributed by atoms with Crippen LogP contribution in [-0.4, -0.2) is 43.5 Å². The fourth-order valence-electron chi connectivity index (χ4n) is 2.66. The van der Waals surface area contributed by atoms with Gasteiger partial charge in [-0.05, 0) is 30.3 Å². The minimum Gasteiger partial charge on any atom is -0.494 e. The molecule has 1 heterocycles. The predicted octanol–water partition coefficient (Wildman–Crippen LogP) is 3.70. The van der Waals surface area contributed by atoms with Gasteiger partial charge in [-0.3, -0.25) is 0 Å². The van der Waals surface area contributed by atoms with Crippen LogP contribution in [0.4, 0.5) is 10.2 Å². The average molecular weight is 386 g/mol. The molecule has 3 rings (SSSR count). The second-order valence-electron chi connectivity index (χ2n) is 5.95. The molecule has 1 aromatic heterocycles. The van der Waals surface area contributed by atoms with Crippen molar-refractivity contribution in [1.82, 2.24) is 5.16 Å². The van der Waals surface area contributed by atoms with Crippen LogP contribution >= 0.6 is 0 Å². The van der Waals surface area contributed by atoms with E-state index in [0.29, 0.717) is 24.5 Å². The van der Waals surface area contributed by atoms with Crippen molar-refractivity contribution in [2.75, 3.05) is 32.2 Å². The van der Waals surface area contributed by atoms with Gasteiger partial charge in [-0.2, -0.15) is 0 Å². The Hall–Kier alpha value is -3.55. The number of hydrogen-bond acceptors (Lipinski definition) is 6. The normalized spacial score (nSPS) is 10.5. The minimum absolute atomic E-state index is 0.0172. The molecule has 8 heteroatoms. The predicted molar refractivity (Wildman–Crippen MR) is 101 cm³/mol. The lowest BCUT2D eigenvalue weighted by atomic mass is 10.1. The van der Waals surface area contributed by atoms with Gasteiger partial charge in [0.1, 0.15) is 12.4 Å². The first-order valence-electron chi connectivity index (χ1n) is 8.47. The molecule has 0 bridgehead atoms. The zero-order valence-corrected chi connectivity index (χ0v) is 15.4. The Morgan fingerprint density at radius 3 is 2.68 bits per heavy atom. The number of ether oxygens (including phenoxy) is 2.